The normalized spacial score (nSPS) is 13.9. The minimum atomic E-state index is -4.59. The molecule has 1 aliphatic rings. The minimum absolute atomic E-state index is 0.0788. The first-order chi connectivity index (χ1) is 28.0. The van der Waals surface area contributed by atoms with Gasteiger partial charge >= 0.3 is 6.18 Å². The quantitative estimate of drug-likeness (QED) is 0.127. The summed E-state index contributed by atoms with van der Waals surface area (Å²) < 4.78 is 80.1. The Morgan fingerprint density at radius 1 is 0.638 bits per heavy atom. The van der Waals surface area contributed by atoms with Gasteiger partial charge in [-0.25, -0.2) is 28.7 Å². The Labute approximate surface area is 329 Å². The molecule has 7 aromatic rings. The number of pyridine rings is 1. The zero-order chi connectivity index (χ0) is 40.6. The summed E-state index contributed by atoms with van der Waals surface area (Å²) in [5.41, 5.74) is 14.1. The van der Waals surface area contributed by atoms with Crippen LogP contribution in [0.15, 0.2) is 128 Å². The number of piperidine rings is 1. The summed E-state index contributed by atoms with van der Waals surface area (Å²) in [4.78, 5) is 19.3. The Hall–Kier alpha value is -7.00. The molecule has 3 aromatic heterocycles. The number of nitrogens with one attached hydrogen (secondary N) is 1. The number of anilines is 2. The highest BCUT2D eigenvalue weighted by Gasteiger charge is 2.32. The second-order valence-corrected chi connectivity index (χ2v) is 13.1. The largest absolute Gasteiger partial charge is 0.488 e. The third-order valence-corrected chi connectivity index (χ3v) is 9.04. The average molecular weight is 791 g/mol. The highest BCUT2D eigenvalue weighted by atomic mass is 19.4. The number of rotatable bonds is 8. The van der Waals surface area contributed by atoms with E-state index in [4.69, 9.17) is 20.9 Å². The van der Waals surface area contributed by atoms with Gasteiger partial charge in [-0.05, 0) is 66.9 Å². The van der Waals surface area contributed by atoms with Crippen molar-refractivity contribution < 1.29 is 31.4 Å². The first kappa shape index (κ1) is 39.2. The lowest BCUT2D eigenvalue weighted by Crippen LogP contribution is -2.37. The average Bonchev–Trinajstić information content (AvgIpc) is 3.22. The van der Waals surface area contributed by atoms with Crippen LogP contribution in [-0.2, 0) is 6.18 Å². The predicted octanol–water partition coefficient (Wildman–Crippen LogP) is 9.40. The number of aromatic nitrogens is 5. The van der Waals surface area contributed by atoms with Crippen LogP contribution in [-0.4, -0.2) is 44.1 Å². The van der Waals surface area contributed by atoms with Gasteiger partial charge in [-0.3, -0.25) is 4.98 Å². The van der Waals surface area contributed by atoms with E-state index in [0.29, 0.717) is 33.8 Å². The van der Waals surface area contributed by atoms with Crippen LogP contribution >= 0.6 is 0 Å². The molecule has 0 spiro atoms. The summed E-state index contributed by atoms with van der Waals surface area (Å²) in [5.74, 6) is 0.272. The first-order valence-corrected chi connectivity index (χ1v) is 18.0. The molecule has 294 valence electrons. The van der Waals surface area contributed by atoms with Gasteiger partial charge in [-0.2, -0.15) is 13.2 Å². The lowest BCUT2D eigenvalue weighted by molar-refractivity contribution is -0.141. The fourth-order valence-electron chi connectivity index (χ4n) is 6.21. The maximum absolute atomic E-state index is 14.8. The van der Waals surface area contributed by atoms with E-state index < -0.39 is 17.7 Å². The van der Waals surface area contributed by atoms with Crippen LogP contribution in [0.25, 0.3) is 44.6 Å². The van der Waals surface area contributed by atoms with E-state index in [2.05, 4.69) is 30.2 Å². The number of benzene rings is 4. The topological polar surface area (TPSA) is 147 Å². The molecule has 58 heavy (non-hydrogen) atoms. The highest BCUT2D eigenvalue weighted by molar-refractivity contribution is 5.75. The van der Waals surface area contributed by atoms with Crippen molar-refractivity contribution in [3.63, 3.8) is 0 Å². The van der Waals surface area contributed by atoms with Crippen molar-refractivity contribution in [2.75, 3.05) is 24.6 Å². The highest BCUT2D eigenvalue weighted by Crippen LogP contribution is 2.37. The molecule has 1 aliphatic heterocycles. The van der Waals surface area contributed by atoms with Gasteiger partial charge in [0.1, 0.15) is 40.7 Å². The smallest absolute Gasteiger partial charge is 0.433 e. The molecule has 1 fully saturated rings. The number of nitrogens with two attached hydrogens (primary N) is 2. The van der Waals surface area contributed by atoms with Crippen LogP contribution in [0, 0.1) is 11.6 Å². The second-order valence-electron chi connectivity index (χ2n) is 13.1. The van der Waals surface area contributed by atoms with Crippen LogP contribution in [0.2, 0.25) is 0 Å². The number of nitrogens with zero attached hydrogens (tertiary/aromatic N) is 5. The van der Waals surface area contributed by atoms with E-state index in [9.17, 15) is 22.0 Å². The Bertz CT molecular complexity index is 2500. The summed E-state index contributed by atoms with van der Waals surface area (Å²) >= 11 is 0. The molecule has 8 rings (SSSR count). The van der Waals surface area contributed by atoms with E-state index in [0.717, 1.165) is 48.9 Å². The predicted molar refractivity (Wildman–Crippen MR) is 210 cm³/mol. The third kappa shape index (κ3) is 9.50. The Morgan fingerprint density at radius 2 is 1.29 bits per heavy atom. The molecule has 0 radical (unpaired) electrons. The molecule has 4 aromatic carbocycles. The Balaban J connectivity index is 0.000000178. The Morgan fingerprint density at radius 3 is 1.91 bits per heavy atom. The van der Waals surface area contributed by atoms with Gasteiger partial charge in [0.25, 0.3) is 0 Å². The molecule has 15 heteroatoms. The van der Waals surface area contributed by atoms with E-state index >= 15 is 0 Å². The standard InChI is InChI=1S/C22H14F4N4O.C21H21FN4O/c23-17-10-13(8-9-15(17)14-11-28-21(27)29-12-14)16-4-1-2-5-18(16)31-20-7-3-6-19(30-20)22(24,25)26;22-18-10-14(7-8-17(18)19-12-26-21(23)13-25-19)16-5-1-2-6-20(16)27-15-4-3-9-24-11-15/h1-12H,(H2,27,28,29);1-2,5-8,10,12-13,15,24H,3-4,9,11H2,(H2,23,26)/t;15-/m.1/s1. The summed E-state index contributed by atoms with van der Waals surface area (Å²) in [5, 5.41) is 3.35. The van der Waals surface area contributed by atoms with Gasteiger partial charge in [0.2, 0.25) is 11.8 Å². The van der Waals surface area contributed by atoms with Gasteiger partial charge in [-0.15, -0.1) is 0 Å². The molecule has 0 saturated carbocycles. The number of nitrogen functional groups attached to an aromatic ring is 2. The molecule has 0 amide bonds. The summed E-state index contributed by atoms with van der Waals surface area (Å²) in [6, 6.07) is 27.3. The molecule has 1 saturated heterocycles. The van der Waals surface area contributed by atoms with Gasteiger partial charge < -0.3 is 26.3 Å². The number of ether oxygens (including phenoxy) is 2. The van der Waals surface area contributed by atoms with Crippen LogP contribution in [0.1, 0.15) is 18.5 Å². The molecule has 0 unspecified atom stereocenters. The third-order valence-electron chi connectivity index (χ3n) is 9.04. The molecule has 1 atom stereocenters. The van der Waals surface area contributed by atoms with E-state index in [-0.39, 0.29) is 35.1 Å². The minimum Gasteiger partial charge on any atom is -0.488 e. The number of para-hydroxylation sites is 2. The van der Waals surface area contributed by atoms with Crippen molar-refractivity contribution in [1.82, 2.24) is 30.2 Å². The lowest BCUT2D eigenvalue weighted by Gasteiger charge is -2.25. The van der Waals surface area contributed by atoms with Crippen molar-refractivity contribution >= 4 is 11.8 Å². The molecule has 0 aliphatic carbocycles. The van der Waals surface area contributed by atoms with Gasteiger partial charge in [-0.1, -0.05) is 60.7 Å². The van der Waals surface area contributed by atoms with Gasteiger partial charge in [0, 0.05) is 52.8 Å². The van der Waals surface area contributed by atoms with E-state index in [1.54, 1.807) is 42.5 Å². The summed E-state index contributed by atoms with van der Waals surface area (Å²) in [6.07, 6.45) is 3.37. The van der Waals surface area contributed by atoms with Crippen molar-refractivity contribution in [1.29, 1.82) is 0 Å². The second kappa shape index (κ2) is 17.4. The zero-order valence-electron chi connectivity index (χ0n) is 30.6. The number of halogens is 5. The lowest BCUT2D eigenvalue weighted by atomic mass is 10.0. The summed E-state index contributed by atoms with van der Waals surface area (Å²) in [7, 11) is 0. The maximum Gasteiger partial charge on any atom is 0.433 e. The van der Waals surface area contributed by atoms with Crippen molar-refractivity contribution in [2.24, 2.45) is 0 Å². The van der Waals surface area contributed by atoms with Crippen LogP contribution in [0.5, 0.6) is 17.4 Å². The van der Waals surface area contributed by atoms with E-state index in [1.807, 2.05) is 30.3 Å². The van der Waals surface area contributed by atoms with Gasteiger partial charge in [0.15, 0.2) is 0 Å². The number of alkyl halides is 3. The first-order valence-electron chi connectivity index (χ1n) is 18.0. The molecule has 0 bridgehead atoms. The summed E-state index contributed by atoms with van der Waals surface area (Å²) in [6.45, 7) is 1.86. The van der Waals surface area contributed by atoms with E-state index in [1.165, 1.54) is 49.1 Å². The molecule has 10 nitrogen and oxygen atoms in total. The fourth-order valence-corrected chi connectivity index (χ4v) is 6.21. The van der Waals surface area contributed by atoms with Crippen molar-refractivity contribution in [2.45, 2.75) is 25.1 Å². The molecular formula is C43H35F5N8O2. The van der Waals surface area contributed by atoms with Crippen molar-refractivity contribution in [3.05, 3.63) is 145 Å². The van der Waals surface area contributed by atoms with Crippen molar-refractivity contribution in [3.8, 4) is 62.0 Å². The van der Waals surface area contributed by atoms with Crippen LogP contribution < -0.4 is 26.3 Å². The fraction of sp³-hybridized carbons (Fsp3) is 0.140. The molecule has 4 heterocycles. The SMILES string of the molecule is Nc1cnc(-c2ccc(-c3ccccc3O[C@@H]3CCCNC3)cc2F)cn1.Nc1ncc(-c2ccc(-c3ccccc3Oc3cccc(C(F)(F)F)n3)cc2F)cn1. The van der Waals surface area contributed by atoms with Crippen LogP contribution in [0.3, 0.4) is 0 Å². The van der Waals surface area contributed by atoms with Crippen LogP contribution in [0.4, 0.5) is 33.7 Å². The van der Waals surface area contributed by atoms with Gasteiger partial charge in [0.05, 0.1) is 18.1 Å². The maximum atomic E-state index is 14.8. The number of hydrogen-bond acceptors (Lipinski definition) is 10. The zero-order valence-corrected chi connectivity index (χ0v) is 30.6. The Kier molecular flexibility index (Phi) is 11.8. The molecular weight excluding hydrogens is 756 g/mol. The molecule has 5 N–H and O–H groups in total. The monoisotopic (exact) mass is 790 g/mol. The number of hydrogen-bond donors (Lipinski definition) is 3.